The normalized spacial score (nSPS) is 21.5. The Labute approximate surface area is 263 Å². The summed E-state index contributed by atoms with van der Waals surface area (Å²) in [5.74, 6) is 0.309. The Morgan fingerprint density at radius 2 is 1.69 bits per heavy atom. The van der Waals surface area contributed by atoms with Crippen LogP contribution in [-0.4, -0.2) is 60.4 Å². The minimum atomic E-state index is -0.922. The Morgan fingerprint density at radius 1 is 0.956 bits per heavy atom. The molecule has 2 heterocycles. The van der Waals surface area contributed by atoms with Crippen LogP contribution in [0.25, 0.3) is 0 Å². The summed E-state index contributed by atoms with van der Waals surface area (Å²) in [4.78, 5) is 25.7. The average Bonchev–Trinajstić information content (AvgIpc) is 3.05. The Hall–Kier alpha value is -3.96. The van der Waals surface area contributed by atoms with E-state index in [1.54, 1.807) is 20.3 Å². The van der Waals surface area contributed by atoms with Crippen molar-refractivity contribution in [1.29, 1.82) is 0 Å². The number of rotatable bonds is 12. The summed E-state index contributed by atoms with van der Waals surface area (Å²) in [6.07, 6.45) is 0.112. The first-order valence-electron chi connectivity index (χ1n) is 15.4. The topological polar surface area (TPSA) is 127 Å². The first-order chi connectivity index (χ1) is 21.8. The number of fused-ring (bicyclic) bond motifs is 1. The maximum Gasteiger partial charge on any atom is 0.303 e. The monoisotopic (exact) mass is 618 g/mol. The highest BCUT2D eigenvalue weighted by atomic mass is 16.7. The number of carbonyl (C=O) groups is 2. The van der Waals surface area contributed by atoms with Crippen LogP contribution < -0.4 is 14.8 Å². The molecule has 0 aromatic heterocycles. The molecule has 0 spiro atoms. The molecule has 2 aliphatic rings. The van der Waals surface area contributed by atoms with Crippen molar-refractivity contribution in [2.75, 3.05) is 32.6 Å². The zero-order valence-electron chi connectivity index (χ0n) is 26.0. The number of carboxylic acid groups (broad SMARTS) is 1. The lowest BCUT2D eigenvalue weighted by Gasteiger charge is -2.43. The lowest BCUT2D eigenvalue weighted by molar-refractivity contribution is -0.276. The van der Waals surface area contributed by atoms with Crippen LogP contribution >= 0.6 is 0 Å². The van der Waals surface area contributed by atoms with Gasteiger partial charge in [0.25, 0.3) is 0 Å². The van der Waals surface area contributed by atoms with Gasteiger partial charge in [-0.05, 0) is 59.4 Å². The summed E-state index contributed by atoms with van der Waals surface area (Å²) in [6.45, 7) is 4.44. The number of nitrogens with zero attached hydrogens (tertiary/aromatic N) is 1. The number of anilines is 1. The first-order valence-corrected chi connectivity index (χ1v) is 15.4. The van der Waals surface area contributed by atoms with Crippen LogP contribution in [-0.2, 0) is 38.6 Å². The zero-order valence-corrected chi connectivity index (χ0v) is 26.0. The number of aliphatic hydroxyl groups excluding tert-OH is 1. The minimum Gasteiger partial charge on any atom is -0.493 e. The molecule has 0 saturated carbocycles. The number of nitrogens with one attached hydrogen (secondary N) is 1. The number of hydrogen-bond donors (Lipinski definition) is 3. The molecule has 1 fully saturated rings. The molecular formula is C35H42N2O8. The Bertz CT molecular complexity index is 1480. The average molecular weight is 619 g/mol. The molecule has 45 heavy (non-hydrogen) atoms. The molecule has 1 amide bonds. The lowest BCUT2D eigenvalue weighted by Crippen LogP contribution is -2.45. The molecule has 5 rings (SSSR count). The van der Waals surface area contributed by atoms with Gasteiger partial charge in [0.2, 0.25) is 5.91 Å². The van der Waals surface area contributed by atoms with Gasteiger partial charge in [-0.25, -0.2) is 0 Å². The Morgan fingerprint density at radius 3 is 2.38 bits per heavy atom. The van der Waals surface area contributed by atoms with Crippen molar-refractivity contribution >= 4 is 17.6 Å². The lowest BCUT2D eigenvalue weighted by atomic mass is 9.89. The summed E-state index contributed by atoms with van der Waals surface area (Å²) in [5.41, 5.74) is 5.66. The summed E-state index contributed by atoms with van der Waals surface area (Å²) in [5, 5.41) is 21.3. The summed E-state index contributed by atoms with van der Waals surface area (Å²) >= 11 is 0. The van der Waals surface area contributed by atoms with Crippen molar-refractivity contribution in [1.82, 2.24) is 4.90 Å². The molecule has 240 valence electrons. The quantitative estimate of drug-likeness (QED) is 0.250. The predicted octanol–water partition coefficient (Wildman–Crippen LogP) is 5.24. The summed E-state index contributed by atoms with van der Waals surface area (Å²) in [7, 11) is 3.30. The molecule has 4 atom stereocenters. The van der Waals surface area contributed by atoms with Gasteiger partial charge in [0.1, 0.15) is 0 Å². The van der Waals surface area contributed by atoms with Gasteiger partial charge in [-0.2, -0.15) is 0 Å². The van der Waals surface area contributed by atoms with Crippen molar-refractivity contribution in [2.24, 2.45) is 5.92 Å². The van der Waals surface area contributed by atoms with Gasteiger partial charge < -0.3 is 34.5 Å². The molecule has 3 aromatic carbocycles. The van der Waals surface area contributed by atoms with E-state index in [0.717, 1.165) is 42.0 Å². The second-order valence-corrected chi connectivity index (χ2v) is 11.7. The number of aliphatic carboxylic acids is 1. The summed E-state index contributed by atoms with van der Waals surface area (Å²) in [6, 6.07) is 19.3. The van der Waals surface area contributed by atoms with Crippen LogP contribution in [0.1, 0.15) is 66.4 Å². The number of aliphatic hydroxyl groups is 1. The molecule has 1 saturated heterocycles. The third-order valence-corrected chi connectivity index (χ3v) is 8.60. The highest BCUT2D eigenvalue weighted by Gasteiger charge is 2.39. The van der Waals surface area contributed by atoms with Gasteiger partial charge in [-0.3, -0.25) is 14.5 Å². The third-order valence-electron chi connectivity index (χ3n) is 8.60. The van der Waals surface area contributed by atoms with E-state index in [1.807, 2.05) is 42.5 Å². The highest BCUT2D eigenvalue weighted by Crippen LogP contribution is 2.43. The van der Waals surface area contributed by atoms with E-state index in [4.69, 9.17) is 24.1 Å². The molecule has 3 aromatic rings. The number of carboxylic acids is 1. The van der Waals surface area contributed by atoms with E-state index in [-0.39, 0.29) is 49.9 Å². The number of methoxy groups -OCH3 is 2. The maximum absolute atomic E-state index is 12.4. The third kappa shape index (κ3) is 8.01. The van der Waals surface area contributed by atoms with E-state index in [2.05, 4.69) is 29.3 Å². The number of amides is 1. The number of benzene rings is 3. The van der Waals surface area contributed by atoms with Gasteiger partial charge in [0.15, 0.2) is 17.8 Å². The maximum atomic E-state index is 12.4. The van der Waals surface area contributed by atoms with Gasteiger partial charge in [0.05, 0.1) is 33.0 Å². The summed E-state index contributed by atoms with van der Waals surface area (Å²) < 4.78 is 24.4. The van der Waals surface area contributed by atoms with Crippen molar-refractivity contribution in [3.63, 3.8) is 0 Å². The van der Waals surface area contributed by atoms with Crippen LogP contribution in [0.5, 0.6) is 11.5 Å². The molecule has 0 unspecified atom stereocenters. The van der Waals surface area contributed by atoms with Crippen LogP contribution in [0.3, 0.4) is 0 Å². The Balaban J connectivity index is 1.36. The molecule has 0 radical (unpaired) electrons. The number of ether oxygens (including phenoxy) is 4. The SMILES string of the molecule is COc1cc2c(cc1OC)CN(C[C@@H]1O[C@H](c3cccc(NC(=O)CCCC(=O)O)c3)O[C@H](c3ccc(CO)cc3)[C@@H]1C)CC2. The highest BCUT2D eigenvalue weighted by molar-refractivity contribution is 5.90. The molecular weight excluding hydrogens is 576 g/mol. The fourth-order valence-electron chi connectivity index (χ4n) is 6.07. The smallest absolute Gasteiger partial charge is 0.303 e. The van der Waals surface area contributed by atoms with Crippen LogP contribution in [0, 0.1) is 5.92 Å². The first kappa shape index (κ1) is 32.4. The van der Waals surface area contributed by atoms with E-state index in [0.29, 0.717) is 18.0 Å². The largest absolute Gasteiger partial charge is 0.493 e. The van der Waals surface area contributed by atoms with Crippen molar-refractivity contribution in [2.45, 2.75) is 64.3 Å². The van der Waals surface area contributed by atoms with Gasteiger partial charge >= 0.3 is 5.97 Å². The van der Waals surface area contributed by atoms with Gasteiger partial charge in [-0.15, -0.1) is 0 Å². The van der Waals surface area contributed by atoms with Crippen LogP contribution in [0.2, 0.25) is 0 Å². The second-order valence-electron chi connectivity index (χ2n) is 11.7. The molecule has 10 heteroatoms. The number of carbonyl (C=O) groups excluding carboxylic acids is 1. The fourth-order valence-corrected chi connectivity index (χ4v) is 6.07. The van der Waals surface area contributed by atoms with E-state index >= 15 is 0 Å². The molecule has 0 aliphatic carbocycles. The minimum absolute atomic E-state index is 0.0187. The second kappa shape index (κ2) is 14.9. The zero-order chi connectivity index (χ0) is 31.9. The van der Waals surface area contributed by atoms with E-state index in [9.17, 15) is 14.7 Å². The van der Waals surface area contributed by atoms with Crippen LogP contribution in [0.15, 0.2) is 60.7 Å². The van der Waals surface area contributed by atoms with E-state index < -0.39 is 12.3 Å². The van der Waals surface area contributed by atoms with Crippen molar-refractivity contribution in [3.05, 3.63) is 88.5 Å². The number of hydrogen-bond acceptors (Lipinski definition) is 8. The molecule has 0 bridgehead atoms. The molecule has 2 aliphatic heterocycles. The van der Waals surface area contributed by atoms with Crippen molar-refractivity contribution < 1.29 is 38.7 Å². The van der Waals surface area contributed by atoms with Gasteiger partial charge in [-0.1, -0.05) is 43.3 Å². The molecule has 10 nitrogen and oxygen atoms in total. The standard InChI is InChI=1S/C35H42N2O8/c1-22-31(20-37-15-14-25-17-29(42-2)30(43-3)18-27(25)19-37)44-35(45-34(22)24-12-10-23(21-38)11-13-24)26-6-4-7-28(16-26)36-32(39)8-5-9-33(40)41/h4,6-7,10-13,16-18,22,31,34-35,38H,5,8-9,14-15,19-21H2,1-3H3,(H,36,39)(H,40,41)/t22-,31+,34+,35+/m1/s1. The predicted molar refractivity (Wildman–Crippen MR) is 168 cm³/mol. The Kier molecular flexibility index (Phi) is 10.7. The van der Waals surface area contributed by atoms with E-state index in [1.165, 1.54) is 11.1 Å². The van der Waals surface area contributed by atoms with Gasteiger partial charge in [0, 0.05) is 49.6 Å². The molecule has 3 N–H and O–H groups in total. The fraction of sp³-hybridized carbons (Fsp3) is 0.429. The van der Waals surface area contributed by atoms with Crippen LogP contribution in [0.4, 0.5) is 5.69 Å². The van der Waals surface area contributed by atoms with Crippen molar-refractivity contribution in [3.8, 4) is 11.5 Å².